The van der Waals surface area contributed by atoms with E-state index in [1.807, 2.05) is 42.5 Å². The summed E-state index contributed by atoms with van der Waals surface area (Å²) in [7, 11) is 0. The molecule has 0 saturated carbocycles. The lowest BCUT2D eigenvalue weighted by Gasteiger charge is -2.10. The van der Waals surface area contributed by atoms with Crippen LogP contribution in [0.15, 0.2) is 48.5 Å². The number of rotatable bonds is 4. The van der Waals surface area contributed by atoms with Crippen LogP contribution in [0.3, 0.4) is 0 Å². The lowest BCUT2D eigenvalue weighted by molar-refractivity contribution is 0.482. The number of hydrogen-bond acceptors (Lipinski definition) is 2. The molecule has 1 atom stereocenters. The van der Waals surface area contributed by atoms with Gasteiger partial charge in [0.2, 0.25) is 0 Å². The van der Waals surface area contributed by atoms with Gasteiger partial charge < -0.3 is 10.5 Å². The number of ether oxygens (including phenoxy) is 1. The maximum absolute atomic E-state index is 5.96. The molecule has 18 heavy (non-hydrogen) atoms. The zero-order valence-electron chi connectivity index (χ0n) is 10.3. The SMILES string of the molecule is CC[C@H](N)c1ccc(Oc2cccc(Cl)c2)cc1. The van der Waals surface area contributed by atoms with Crippen LogP contribution in [-0.2, 0) is 0 Å². The lowest BCUT2D eigenvalue weighted by Crippen LogP contribution is -2.07. The average Bonchev–Trinajstić information content (AvgIpc) is 2.39. The van der Waals surface area contributed by atoms with Crippen molar-refractivity contribution in [3.8, 4) is 11.5 Å². The summed E-state index contributed by atoms with van der Waals surface area (Å²) in [6, 6.07) is 15.3. The van der Waals surface area contributed by atoms with Gasteiger partial charge in [0.05, 0.1) is 0 Å². The first-order valence-electron chi connectivity index (χ1n) is 5.98. The number of nitrogens with two attached hydrogens (primary N) is 1. The Labute approximate surface area is 112 Å². The summed E-state index contributed by atoms with van der Waals surface area (Å²) in [4.78, 5) is 0. The molecular formula is C15H16ClNO. The number of halogens is 1. The van der Waals surface area contributed by atoms with Crippen LogP contribution in [0.5, 0.6) is 11.5 Å². The second-order valence-electron chi connectivity index (χ2n) is 4.14. The largest absolute Gasteiger partial charge is 0.457 e. The molecule has 0 aliphatic heterocycles. The Balaban J connectivity index is 2.11. The standard InChI is InChI=1S/C15H16ClNO/c1-2-15(17)11-6-8-13(9-7-11)18-14-5-3-4-12(16)10-14/h3-10,15H,2,17H2,1H3/t15-/m0/s1. The van der Waals surface area contributed by atoms with Crippen molar-refractivity contribution in [1.82, 2.24) is 0 Å². The maximum Gasteiger partial charge on any atom is 0.128 e. The summed E-state index contributed by atoms with van der Waals surface area (Å²) >= 11 is 5.90. The molecule has 2 nitrogen and oxygen atoms in total. The van der Waals surface area contributed by atoms with Crippen molar-refractivity contribution in [1.29, 1.82) is 0 Å². The van der Waals surface area contributed by atoms with Gasteiger partial charge in [-0.25, -0.2) is 0 Å². The van der Waals surface area contributed by atoms with Crippen molar-refractivity contribution in [2.45, 2.75) is 19.4 Å². The first kappa shape index (κ1) is 12.9. The van der Waals surface area contributed by atoms with Crippen LogP contribution in [0.25, 0.3) is 0 Å². The van der Waals surface area contributed by atoms with Gasteiger partial charge in [-0.15, -0.1) is 0 Å². The van der Waals surface area contributed by atoms with Crippen LogP contribution < -0.4 is 10.5 Å². The molecule has 0 spiro atoms. The number of hydrogen-bond donors (Lipinski definition) is 1. The van der Waals surface area contributed by atoms with Crippen LogP contribution in [0.4, 0.5) is 0 Å². The zero-order valence-corrected chi connectivity index (χ0v) is 11.0. The van der Waals surface area contributed by atoms with Gasteiger partial charge in [-0.05, 0) is 42.3 Å². The highest BCUT2D eigenvalue weighted by Crippen LogP contribution is 2.25. The summed E-state index contributed by atoms with van der Waals surface area (Å²) in [5, 5.41) is 0.664. The molecule has 0 heterocycles. The topological polar surface area (TPSA) is 35.2 Å². The van der Waals surface area contributed by atoms with Crippen LogP contribution in [0.2, 0.25) is 5.02 Å². The fraction of sp³-hybridized carbons (Fsp3) is 0.200. The predicted molar refractivity (Wildman–Crippen MR) is 75.2 cm³/mol. The van der Waals surface area contributed by atoms with E-state index >= 15 is 0 Å². The second-order valence-corrected chi connectivity index (χ2v) is 4.58. The smallest absolute Gasteiger partial charge is 0.128 e. The van der Waals surface area contributed by atoms with Crippen molar-refractivity contribution in [3.05, 3.63) is 59.1 Å². The molecule has 0 aromatic heterocycles. The second kappa shape index (κ2) is 5.89. The van der Waals surface area contributed by atoms with Crippen molar-refractivity contribution in [2.75, 3.05) is 0 Å². The van der Waals surface area contributed by atoms with Gasteiger partial charge in [-0.3, -0.25) is 0 Å². The van der Waals surface area contributed by atoms with E-state index in [0.717, 1.165) is 23.5 Å². The minimum absolute atomic E-state index is 0.0882. The molecule has 2 N–H and O–H groups in total. The van der Waals surface area contributed by atoms with E-state index in [4.69, 9.17) is 22.1 Å². The molecule has 0 amide bonds. The first-order chi connectivity index (χ1) is 8.69. The van der Waals surface area contributed by atoms with Gasteiger partial charge in [-0.2, -0.15) is 0 Å². The van der Waals surface area contributed by atoms with E-state index in [1.165, 1.54) is 0 Å². The van der Waals surface area contributed by atoms with E-state index in [9.17, 15) is 0 Å². The molecule has 0 aliphatic carbocycles. The van der Waals surface area contributed by atoms with E-state index in [1.54, 1.807) is 6.07 Å². The first-order valence-corrected chi connectivity index (χ1v) is 6.36. The Morgan fingerprint density at radius 3 is 2.44 bits per heavy atom. The molecule has 2 aromatic rings. The third-order valence-corrected chi connectivity index (χ3v) is 3.01. The molecule has 2 aromatic carbocycles. The Morgan fingerprint density at radius 1 is 1.11 bits per heavy atom. The van der Waals surface area contributed by atoms with E-state index in [2.05, 4.69) is 6.92 Å². The van der Waals surface area contributed by atoms with Crippen molar-refractivity contribution in [3.63, 3.8) is 0 Å². The van der Waals surface area contributed by atoms with Gasteiger partial charge in [0.1, 0.15) is 11.5 Å². The highest BCUT2D eigenvalue weighted by Gasteiger charge is 2.03. The van der Waals surface area contributed by atoms with Gasteiger partial charge >= 0.3 is 0 Å². The molecule has 0 aliphatic rings. The van der Waals surface area contributed by atoms with Crippen LogP contribution in [0.1, 0.15) is 24.9 Å². The summed E-state index contributed by atoms with van der Waals surface area (Å²) in [5.74, 6) is 1.51. The molecule has 0 radical (unpaired) electrons. The Hall–Kier alpha value is -1.51. The summed E-state index contributed by atoms with van der Waals surface area (Å²) in [5.41, 5.74) is 7.08. The Morgan fingerprint density at radius 2 is 1.83 bits per heavy atom. The van der Waals surface area contributed by atoms with Gasteiger partial charge in [0.15, 0.2) is 0 Å². The summed E-state index contributed by atoms with van der Waals surface area (Å²) in [6.45, 7) is 2.07. The highest BCUT2D eigenvalue weighted by molar-refractivity contribution is 6.30. The van der Waals surface area contributed by atoms with E-state index in [-0.39, 0.29) is 6.04 Å². The summed E-state index contributed by atoms with van der Waals surface area (Å²) in [6.07, 6.45) is 0.925. The van der Waals surface area contributed by atoms with Crippen LogP contribution >= 0.6 is 11.6 Å². The molecule has 0 fully saturated rings. The Kier molecular flexibility index (Phi) is 4.24. The Bertz CT molecular complexity index is 510. The third kappa shape index (κ3) is 3.25. The highest BCUT2D eigenvalue weighted by atomic mass is 35.5. The molecule has 0 unspecified atom stereocenters. The fourth-order valence-electron chi connectivity index (χ4n) is 1.69. The zero-order chi connectivity index (χ0) is 13.0. The van der Waals surface area contributed by atoms with Gasteiger partial charge in [0, 0.05) is 11.1 Å². The van der Waals surface area contributed by atoms with Crippen LogP contribution in [-0.4, -0.2) is 0 Å². The van der Waals surface area contributed by atoms with Crippen LogP contribution in [0, 0.1) is 0 Å². The van der Waals surface area contributed by atoms with Gasteiger partial charge in [-0.1, -0.05) is 36.7 Å². The molecule has 94 valence electrons. The molecule has 3 heteroatoms. The van der Waals surface area contributed by atoms with Crippen molar-refractivity contribution < 1.29 is 4.74 Å². The van der Waals surface area contributed by atoms with Crippen molar-refractivity contribution in [2.24, 2.45) is 5.73 Å². The average molecular weight is 262 g/mol. The molecule has 2 rings (SSSR count). The minimum Gasteiger partial charge on any atom is -0.457 e. The van der Waals surface area contributed by atoms with Crippen molar-refractivity contribution >= 4 is 11.6 Å². The fourth-order valence-corrected chi connectivity index (χ4v) is 1.87. The molecule has 0 bridgehead atoms. The normalized spacial score (nSPS) is 12.2. The molecule has 0 saturated heterocycles. The quantitative estimate of drug-likeness (QED) is 0.877. The third-order valence-electron chi connectivity index (χ3n) is 2.78. The van der Waals surface area contributed by atoms with E-state index < -0.39 is 0 Å². The lowest BCUT2D eigenvalue weighted by atomic mass is 10.1. The maximum atomic E-state index is 5.96. The van der Waals surface area contributed by atoms with Gasteiger partial charge in [0.25, 0.3) is 0 Å². The number of benzene rings is 2. The monoisotopic (exact) mass is 261 g/mol. The minimum atomic E-state index is 0.0882. The predicted octanol–water partition coefficient (Wildman–Crippen LogP) is 4.54. The molecular weight excluding hydrogens is 246 g/mol. The van der Waals surface area contributed by atoms with E-state index in [0.29, 0.717) is 5.02 Å². The summed E-state index contributed by atoms with van der Waals surface area (Å²) < 4.78 is 5.70.